The van der Waals surface area contributed by atoms with E-state index in [0.29, 0.717) is 18.5 Å². The monoisotopic (exact) mass is 474 g/mol. The van der Waals surface area contributed by atoms with Gasteiger partial charge in [0, 0.05) is 36.9 Å². The minimum Gasteiger partial charge on any atom is -0.357 e. The van der Waals surface area contributed by atoms with Gasteiger partial charge in [-0.3, -0.25) is 0 Å². The lowest BCUT2D eigenvalue weighted by Gasteiger charge is -2.39. The summed E-state index contributed by atoms with van der Waals surface area (Å²) >= 11 is 1.68. The number of piperidine rings is 1. The summed E-state index contributed by atoms with van der Waals surface area (Å²) in [6.07, 6.45) is 7.01. The molecular weight excluding hydrogens is 447 g/mol. The van der Waals surface area contributed by atoms with Gasteiger partial charge in [-0.15, -0.1) is 35.3 Å². The van der Waals surface area contributed by atoms with Crippen LogP contribution in [0.1, 0.15) is 36.9 Å². The summed E-state index contributed by atoms with van der Waals surface area (Å²) in [5.74, 6) is 1.64. The highest BCUT2D eigenvalue weighted by atomic mass is 127. The molecule has 3 rings (SSSR count). The topological polar surface area (TPSA) is 58.3 Å². The standard InChI is InChI=1S/C17H26N6S.HI/c1-4-19-17(20-9-16-14(3)21-12-24-16)22-7-5-13(2)15(10-22)23-8-6-18-11-23;/h6,8,11-13,15H,4-5,7,9-10H2,1-3H3,(H,19,20);1H. The molecule has 3 heterocycles. The number of imidazole rings is 1. The first-order valence-electron chi connectivity index (χ1n) is 8.58. The maximum Gasteiger partial charge on any atom is 0.194 e. The molecule has 0 amide bonds. The largest absolute Gasteiger partial charge is 0.357 e. The van der Waals surface area contributed by atoms with Gasteiger partial charge in [0.05, 0.1) is 30.1 Å². The van der Waals surface area contributed by atoms with Gasteiger partial charge < -0.3 is 14.8 Å². The van der Waals surface area contributed by atoms with Crippen LogP contribution in [0.25, 0.3) is 0 Å². The van der Waals surface area contributed by atoms with Crippen LogP contribution in [0.2, 0.25) is 0 Å². The molecule has 0 spiro atoms. The van der Waals surface area contributed by atoms with Crippen LogP contribution in [0.5, 0.6) is 0 Å². The van der Waals surface area contributed by atoms with E-state index in [-0.39, 0.29) is 24.0 Å². The minimum atomic E-state index is 0. The Kier molecular flexibility index (Phi) is 7.67. The molecule has 1 N–H and O–H groups in total. The molecule has 8 heteroatoms. The van der Waals surface area contributed by atoms with Crippen molar-refractivity contribution in [2.24, 2.45) is 10.9 Å². The molecule has 138 valence electrons. The molecule has 2 aromatic heterocycles. The van der Waals surface area contributed by atoms with E-state index in [1.807, 2.05) is 25.0 Å². The summed E-state index contributed by atoms with van der Waals surface area (Å²) in [5, 5.41) is 3.45. The van der Waals surface area contributed by atoms with Crippen LogP contribution in [0.3, 0.4) is 0 Å². The molecule has 0 saturated carbocycles. The van der Waals surface area contributed by atoms with Gasteiger partial charge in [-0.1, -0.05) is 6.92 Å². The van der Waals surface area contributed by atoms with E-state index >= 15 is 0 Å². The Balaban J connectivity index is 0.00000225. The van der Waals surface area contributed by atoms with E-state index in [9.17, 15) is 0 Å². The third-order valence-corrected chi connectivity index (χ3v) is 5.60. The summed E-state index contributed by atoms with van der Waals surface area (Å²) < 4.78 is 2.23. The fourth-order valence-corrected chi connectivity index (χ4v) is 3.85. The van der Waals surface area contributed by atoms with Crippen LogP contribution in [0.4, 0.5) is 0 Å². The molecule has 2 aromatic rings. The quantitative estimate of drug-likeness (QED) is 0.420. The zero-order valence-electron chi connectivity index (χ0n) is 15.1. The molecular formula is C17H27IN6S. The van der Waals surface area contributed by atoms with Crippen LogP contribution < -0.4 is 5.32 Å². The van der Waals surface area contributed by atoms with Gasteiger partial charge >= 0.3 is 0 Å². The van der Waals surface area contributed by atoms with Crippen molar-refractivity contribution in [1.29, 1.82) is 0 Å². The highest BCUT2D eigenvalue weighted by Gasteiger charge is 2.28. The van der Waals surface area contributed by atoms with E-state index in [2.05, 4.69) is 44.8 Å². The van der Waals surface area contributed by atoms with Crippen LogP contribution in [0, 0.1) is 12.8 Å². The van der Waals surface area contributed by atoms with Gasteiger partial charge in [-0.2, -0.15) is 0 Å². The normalized spacial score (nSPS) is 21.1. The van der Waals surface area contributed by atoms with Crippen molar-refractivity contribution in [3.8, 4) is 0 Å². The Morgan fingerprint density at radius 3 is 2.96 bits per heavy atom. The average molecular weight is 474 g/mol. The second kappa shape index (κ2) is 9.51. The third kappa shape index (κ3) is 4.93. The maximum absolute atomic E-state index is 4.86. The molecule has 25 heavy (non-hydrogen) atoms. The van der Waals surface area contributed by atoms with Crippen molar-refractivity contribution in [2.75, 3.05) is 19.6 Å². The number of rotatable bonds is 4. The van der Waals surface area contributed by atoms with E-state index in [4.69, 9.17) is 4.99 Å². The Morgan fingerprint density at radius 1 is 1.48 bits per heavy atom. The van der Waals surface area contributed by atoms with Gasteiger partial charge in [-0.25, -0.2) is 15.0 Å². The predicted octanol–water partition coefficient (Wildman–Crippen LogP) is 3.31. The summed E-state index contributed by atoms with van der Waals surface area (Å²) in [4.78, 5) is 17.0. The SMILES string of the molecule is CCNC(=NCc1scnc1C)N1CCC(C)C(n2ccnc2)C1.I. The first-order chi connectivity index (χ1) is 11.7. The number of guanidine groups is 1. The van der Waals surface area contributed by atoms with Crippen LogP contribution >= 0.6 is 35.3 Å². The van der Waals surface area contributed by atoms with Crippen LogP contribution in [0.15, 0.2) is 29.2 Å². The third-order valence-electron chi connectivity index (χ3n) is 4.68. The molecule has 0 aliphatic carbocycles. The van der Waals surface area contributed by atoms with Crippen molar-refractivity contribution < 1.29 is 0 Å². The molecule has 0 aromatic carbocycles. The lowest BCUT2D eigenvalue weighted by molar-refractivity contribution is 0.189. The van der Waals surface area contributed by atoms with Crippen molar-refractivity contribution in [3.63, 3.8) is 0 Å². The van der Waals surface area contributed by atoms with Gasteiger partial charge in [0.25, 0.3) is 0 Å². The fraction of sp³-hybridized carbons (Fsp3) is 0.588. The molecule has 1 aliphatic rings. The van der Waals surface area contributed by atoms with E-state index in [1.54, 1.807) is 11.3 Å². The van der Waals surface area contributed by atoms with Crippen LogP contribution in [-0.2, 0) is 6.54 Å². The summed E-state index contributed by atoms with van der Waals surface area (Å²) in [6, 6.07) is 0.440. The second-order valence-corrected chi connectivity index (χ2v) is 7.26. The fourth-order valence-electron chi connectivity index (χ4n) is 3.15. The molecule has 1 saturated heterocycles. The first-order valence-corrected chi connectivity index (χ1v) is 9.46. The Morgan fingerprint density at radius 2 is 2.32 bits per heavy atom. The first kappa shape index (κ1) is 20.2. The lowest BCUT2D eigenvalue weighted by Crippen LogP contribution is -2.49. The van der Waals surface area contributed by atoms with E-state index in [0.717, 1.165) is 37.7 Å². The molecule has 1 aliphatic heterocycles. The number of aromatic nitrogens is 3. The second-order valence-electron chi connectivity index (χ2n) is 6.32. The predicted molar refractivity (Wildman–Crippen MR) is 114 cm³/mol. The number of halogens is 1. The summed E-state index contributed by atoms with van der Waals surface area (Å²) in [7, 11) is 0. The van der Waals surface area contributed by atoms with Gasteiger partial charge in [0.1, 0.15) is 0 Å². The molecule has 2 unspecified atom stereocenters. The maximum atomic E-state index is 4.86. The Bertz CT molecular complexity index is 668. The zero-order chi connectivity index (χ0) is 16.9. The Hall–Kier alpha value is -1.16. The van der Waals surface area contributed by atoms with E-state index < -0.39 is 0 Å². The molecule has 2 atom stereocenters. The van der Waals surface area contributed by atoms with Crippen molar-refractivity contribution in [3.05, 3.63) is 34.8 Å². The van der Waals surface area contributed by atoms with Crippen molar-refractivity contribution in [2.45, 2.75) is 39.8 Å². The number of aliphatic imine (C=N–C) groups is 1. The number of thiazole rings is 1. The number of hydrogen-bond donors (Lipinski definition) is 1. The lowest BCUT2D eigenvalue weighted by atomic mass is 9.93. The van der Waals surface area contributed by atoms with Crippen LogP contribution in [-0.4, -0.2) is 45.0 Å². The number of nitrogens with zero attached hydrogens (tertiary/aromatic N) is 5. The zero-order valence-corrected chi connectivity index (χ0v) is 18.2. The number of likely N-dealkylation sites (tertiary alicyclic amines) is 1. The van der Waals surface area contributed by atoms with Gasteiger partial charge in [-0.05, 0) is 26.2 Å². The molecule has 0 radical (unpaired) electrons. The van der Waals surface area contributed by atoms with E-state index in [1.165, 1.54) is 4.88 Å². The van der Waals surface area contributed by atoms with Crippen molar-refractivity contribution in [1.82, 2.24) is 24.8 Å². The smallest absolute Gasteiger partial charge is 0.194 e. The van der Waals surface area contributed by atoms with Crippen molar-refractivity contribution >= 4 is 41.3 Å². The highest BCUT2D eigenvalue weighted by molar-refractivity contribution is 14.0. The van der Waals surface area contributed by atoms with Gasteiger partial charge in [0.2, 0.25) is 0 Å². The number of nitrogens with one attached hydrogen (secondary N) is 1. The van der Waals surface area contributed by atoms with Gasteiger partial charge in [0.15, 0.2) is 5.96 Å². The summed E-state index contributed by atoms with van der Waals surface area (Å²) in [6.45, 7) is 10.1. The molecule has 0 bridgehead atoms. The molecule has 6 nitrogen and oxygen atoms in total. The summed E-state index contributed by atoms with van der Waals surface area (Å²) in [5.41, 5.74) is 2.98. The molecule has 1 fully saturated rings. The average Bonchev–Trinajstić information content (AvgIpc) is 3.24. The number of hydrogen-bond acceptors (Lipinski definition) is 4. The highest BCUT2D eigenvalue weighted by Crippen LogP contribution is 2.27. The minimum absolute atomic E-state index is 0. The Labute approximate surface area is 170 Å². The number of aryl methyl sites for hydroxylation is 1.